The van der Waals surface area contributed by atoms with Crippen molar-refractivity contribution in [2.75, 3.05) is 10.2 Å². The number of nitrogens with one attached hydrogen (secondary N) is 1. The summed E-state index contributed by atoms with van der Waals surface area (Å²) in [5.74, 6) is -1.27. The van der Waals surface area contributed by atoms with Crippen molar-refractivity contribution in [2.45, 2.75) is 6.92 Å². The number of hydrogen-bond acceptors (Lipinski definition) is 3. The maximum absolute atomic E-state index is 12.7. The maximum Gasteiger partial charge on any atom is 0.283 e. The second-order valence-corrected chi connectivity index (χ2v) is 6.97. The molecular weight excluding hydrogens is 406 g/mol. The van der Waals surface area contributed by atoms with Crippen molar-refractivity contribution in [3.05, 3.63) is 67.8 Å². The number of amides is 2. The quantitative estimate of drug-likeness (QED) is 0.683. The van der Waals surface area contributed by atoms with Gasteiger partial charge in [0.25, 0.3) is 11.8 Å². The number of carbonyl (C=O) groups excluding carboxylic acids is 2. The first-order valence-corrected chi connectivity index (χ1v) is 8.57. The highest BCUT2D eigenvalue weighted by Crippen LogP contribution is 2.36. The van der Waals surface area contributed by atoms with Gasteiger partial charge in [0, 0.05) is 15.7 Å². The van der Waals surface area contributed by atoms with E-state index < -0.39 is 11.8 Å². The number of halogens is 4. The Balaban J connectivity index is 1.96. The van der Waals surface area contributed by atoms with Gasteiger partial charge in [0.1, 0.15) is 10.7 Å². The number of anilines is 2. The molecule has 0 saturated heterocycles. The van der Waals surface area contributed by atoms with E-state index in [1.165, 1.54) is 18.2 Å². The molecule has 1 heterocycles. The third-order valence-electron chi connectivity index (χ3n) is 3.63. The smallest absolute Gasteiger partial charge is 0.283 e. The van der Waals surface area contributed by atoms with Gasteiger partial charge in [0.15, 0.2) is 0 Å². The molecule has 25 heavy (non-hydrogen) atoms. The molecule has 2 amide bonds. The summed E-state index contributed by atoms with van der Waals surface area (Å²) in [6, 6.07) is 9.56. The van der Waals surface area contributed by atoms with Crippen LogP contribution in [-0.2, 0) is 9.59 Å². The minimum absolute atomic E-state index is 0.0249. The number of hydrogen-bond donors (Lipinski definition) is 1. The summed E-state index contributed by atoms with van der Waals surface area (Å²) in [4.78, 5) is 26.1. The predicted molar refractivity (Wildman–Crippen MR) is 102 cm³/mol. The molecule has 0 fully saturated rings. The minimum atomic E-state index is -0.662. The first-order valence-electron chi connectivity index (χ1n) is 7.06. The largest absolute Gasteiger partial charge is 0.349 e. The third kappa shape index (κ3) is 3.35. The zero-order chi connectivity index (χ0) is 18.3. The van der Waals surface area contributed by atoms with Gasteiger partial charge in [-0.15, -0.1) is 0 Å². The lowest BCUT2D eigenvalue weighted by Gasteiger charge is -2.17. The van der Waals surface area contributed by atoms with Crippen LogP contribution < -0.4 is 10.2 Å². The van der Waals surface area contributed by atoms with Crippen LogP contribution in [0.3, 0.4) is 0 Å². The van der Waals surface area contributed by atoms with E-state index >= 15 is 0 Å². The number of benzene rings is 2. The summed E-state index contributed by atoms with van der Waals surface area (Å²) in [5.41, 5.74) is 1.60. The number of nitrogens with zero attached hydrogens (tertiary/aromatic N) is 1. The van der Waals surface area contributed by atoms with Crippen molar-refractivity contribution in [1.82, 2.24) is 0 Å². The molecule has 1 aliphatic rings. The van der Waals surface area contributed by atoms with E-state index in [2.05, 4.69) is 5.32 Å². The lowest BCUT2D eigenvalue weighted by molar-refractivity contribution is -0.120. The van der Waals surface area contributed by atoms with Crippen LogP contribution in [0, 0.1) is 6.92 Å². The average molecular weight is 416 g/mol. The van der Waals surface area contributed by atoms with Crippen LogP contribution in [0.25, 0.3) is 0 Å². The molecule has 1 N–H and O–H groups in total. The summed E-state index contributed by atoms with van der Waals surface area (Å²) < 4.78 is 0. The van der Waals surface area contributed by atoms with Crippen molar-refractivity contribution >= 4 is 69.6 Å². The van der Waals surface area contributed by atoms with E-state index in [1.54, 1.807) is 18.2 Å². The van der Waals surface area contributed by atoms with E-state index in [0.717, 1.165) is 10.5 Å². The number of carbonyl (C=O) groups is 2. The molecule has 0 saturated carbocycles. The molecular formula is C17H10Cl4N2O2. The number of rotatable bonds is 3. The number of imide groups is 1. The molecule has 128 valence electrons. The molecule has 3 rings (SSSR count). The topological polar surface area (TPSA) is 49.4 Å². The molecule has 1 aliphatic heterocycles. The normalized spacial score (nSPS) is 14.5. The highest BCUT2D eigenvalue weighted by Gasteiger charge is 2.39. The fourth-order valence-corrected chi connectivity index (χ4v) is 3.33. The Bertz CT molecular complexity index is 940. The molecule has 2 aromatic rings. The molecule has 0 radical (unpaired) electrons. The van der Waals surface area contributed by atoms with Gasteiger partial charge in [-0.3, -0.25) is 9.59 Å². The Morgan fingerprint density at radius 3 is 2.16 bits per heavy atom. The van der Waals surface area contributed by atoms with E-state index in [-0.39, 0.29) is 21.4 Å². The SMILES string of the molecule is Cc1cc(Cl)ccc1NC1=C(Cl)C(=O)N(c2ccc(Cl)cc2Cl)C1=O. The zero-order valence-electron chi connectivity index (χ0n) is 12.7. The molecule has 0 atom stereocenters. The van der Waals surface area contributed by atoms with Gasteiger partial charge in [-0.05, 0) is 48.9 Å². The van der Waals surface area contributed by atoms with Crippen LogP contribution in [-0.4, -0.2) is 11.8 Å². The number of aryl methyl sites for hydroxylation is 1. The predicted octanol–water partition coefficient (Wildman–Crippen LogP) is 5.39. The van der Waals surface area contributed by atoms with Crippen molar-refractivity contribution in [3.8, 4) is 0 Å². The molecule has 4 nitrogen and oxygen atoms in total. The summed E-state index contributed by atoms with van der Waals surface area (Å²) in [7, 11) is 0. The van der Waals surface area contributed by atoms with Crippen LogP contribution in [0.1, 0.15) is 5.56 Å². The van der Waals surface area contributed by atoms with Crippen molar-refractivity contribution < 1.29 is 9.59 Å². The summed E-state index contributed by atoms with van der Waals surface area (Å²) in [6.45, 7) is 1.82. The van der Waals surface area contributed by atoms with Gasteiger partial charge in [-0.25, -0.2) is 4.90 Å². The van der Waals surface area contributed by atoms with Crippen LogP contribution in [0.4, 0.5) is 11.4 Å². The van der Waals surface area contributed by atoms with Crippen LogP contribution in [0.5, 0.6) is 0 Å². The third-order valence-corrected chi connectivity index (χ3v) is 4.75. The van der Waals surface area contributed by atoms with E-state index in [9.17, 15) is 9.59 Å². The second kappa shape index (κ2) is 6.89. The summed E-state index contributed by atoms with van der Waals surface area (Å²) in [6.07, 6.45) is 0. The van der Waals surface area contributed by atoms with Crippen molar-refractivity contribution in [3.63, 3.8) is 0 Å². The first kappa shape index (κ1) is 18.1. The van der Waals surface area contributed by atoms with Crippen LogP contribution in [0.2, 0.25) is 15.1 Å². The Hall–Kier alpha value is -1.72. The Labute approximate surface area is 163 Å². The standard InChI is InChI=1S/C17H10Cl4N2O2/c1-8-6-9(18)2-4-12(8)22-15-14(21)16(24)23(17(15)25)13-5-3-10(19)7-11(13)20/h2-7,22H,1H3. The van der Waals surface area contributed by atoms with Crippen LogP contribution in [0.15, 0.2) is 47.1 Å². The summed E-state index contributed by atoms with van der Waals surface area (Å²) >= 11 is 24.0. The minimum Gasteiger partial charge on any atom is -0.349 e. The Morgan fingerprint density at radius 1 is 0.880 bits per heavy atom. The van der Waals surface area contributed by atoms with E-state index in [0.29, 0.717) is 15.7 Å². The van der Waals surface area contributed by atoms with Gasteiger partial charge in [0.05, 0.1) is 10.7 Å². The lowest BCUT2D eigenvalue weighted by Crippen LogP contribution is -2.32. The molecule has 0 spiro atoms. The zero-order valence-corrected chi connectivity index (χ0v) is 15.8. The van der Waals surface area contributed by atoms with Gasteiger partial charge in [-0.2, -0.15) is 0 Å². The van der Waals surface area contributed by atoms with Gasteiger partial charge < -0.3 is 5.32 Å². The second-order valence-electron chi connectivity index (χ2n) is 5.31. The lowest BCUT2D eigenvalue weighted by atomic mass is 10.2. The van der Waals surface area contributed by atoms with Gasteiger partial charge >= 0.3 is 0 Å². The molecule has 0 aromatic heterocycles. The van der Waals surface area contributed by atoms with Gasteiger partial charge in [-0.1, -0.05) is 46.4 Å². The fourth-order valence-electron chi connectivity index (χ4n) is 2.39. The molecule has 2 aromatic carbocycles. The van der Waals surface area contributed by atoms with Crippen molar-refractivity contribution in [1.29, 1.82) is 0 Å². The maximum atomic E-state index is 12.7. The highest BCUT2D eigenvalue weighted by atomic mass is 35.5. The molecule has 0 bridgehead atoms. The molecule has 8 heteroatoms. The van der Waals surface area contributed by atoms with Crippen LogP contribution >= 0.6 is 46.4 Å². The van der Waals surface area contributed by atoms with E-state index in [4.69, 9.17) is 46.4 Å². The highest BCUT2D eigenvalue weighted by molar-refractivity contribution is 6.54. The Kier molecular flexibility index (Phi) is 4.98. The molecule has 0 unspecified atom stereocenters. The Morgan fingerprint density at radius 2 is 1.52 bits per heavy atom. The monoisotopic (exact) mass is 414 g/mol. The average Bonchev–Trinajstić information content (AvgIpc) is 2.74. The fraction of sp³-hybridized carbons (Fsp3) is 0.0588. The van der Waals surface area contributed by atoms with E-state index in [1.807, 2.05) is 6.92 Å². The first-order chi connectivity index (χ1) is 11.8. The van der Waals surface area contributed by atoms with Gasteiger partial charge in [0.2, 0.25) is 0 Å². The van der Waals surface area contributed by atoms with Crippen molar-refractivity contribution in [2.24, 2.45) is 0 Å². The molecule has 0 aliphatic carbocycles. The summed E-state index contributed by atoms with van der Waals surface area (Å²) in [5, 5.41) is 3.81.